The van der Waals surface area contributed by atoms with Crippen LogP contribution in [0.15, 0.2) is 18.5 Å². The Morgan fingerprint density at radius 1 is 1.15 bits per heavy atom. The fourth-order valence-corrected chi connectivity index (χ4v) is 1.91. The van der Waals surface area contributed by atoms with E-state index in [0.717, 1.165) is 43.5 Å². The smallest absolute Gasteiger partial charge is 0.132 e. The van der Waals surface area contributed by atoms with Crippen LogP contribution < -0.4 is 10.6 Å². The van der Waals surface area contributed by atoms with E-state index in [1.54, 1.807) is 0 Å². The Morgan fingerprint density at radius 2 is 1.90 bits per heavy atom. The minimum Gasteiger partial charge on any atom is -0.370 e. The molecule has 0 spiro atoms. The summed E-state index contributed by atoms with van der Waals surface area (Å²) in [6, 6.07) is 1.94. The molecule has 2 aromatic rings. The number of hydrogen-bond donors (Lipinski definition) is 2. The largest absolute Gasteiger partial charge is 0.370 e. The average Bonchev–Trinajstić information content (AvgIpc) is 2.84. The maximum absolute atomic E-state index is 4.48. The molecule has 0 atom stereocenters. The Bertz CT molecular complexity index is 548. The number of aryl methyl sites for hydroxylation is 2. The Kier molecular flexibility index (Phi) is 4.92. The SMILES string of the molecule is CCNc1cc(NCCn2cc(C)cn2)nc(CC)n1. The third kappa shape index (κ3) is 3.94. The zero-order valence-corrected chi connectivity index (χ0v) is 12.3. The third-order valence-electron chi connectivity index (χ3n) is 2.86. The molecule has 0 bridgehead atoms. The van der Waals surface area contributed by atoms with Crippen LogP contribution in [0.5, 0.6) is 0 Å². The summed E-state index contributed by atoms with van der Waals surface area (Å²) in [5, 5.41) is 10.8. The molecule has 20 heavy (non-hydrogen) atoms. The molecule has 0 aromatic carbocycles. The standard InChI is InChI=1S/C14H22N6/c1-4-12-18-13(15-5-2)8-14(19-12)16-6-7-20-10-11(3)9-17-20/h8-10H,4-7H2,1-3H3,(H2,15,16,18,19). The summed E-state index contributed by atoms with van der Waals surface area (Å²) in [6.45, 7) is 8.61. The molecular formula is C14H22N6. The molecule has 0 saturated carbocycles. The first-order valence-electron chi connectivity index (χ1n) is 7.06. The Hall–Kier alpha value is -2.11. The number of rotatable bonds is 7. The monoisotopic (exact) mass is 274 g/mol. The first kappa shape index (κ1) is 14.3. The average molecular weight is 274 g/mol. The molecule has 0 unspecified atom stereocenters. The summed E-state index contributed by atoms with van der Waals surface area (Å²) in [4.78, 5) is 8.91. The quantitative estimate of drug-likeness (QED) is 0.809. The molecule has 0 amide bonds. The van der Waals surface area contributed by atoms with Crippen LogP contribution in [0.4, 0.5) is 11.6 Å². The third-order valence-corrected chi connectivity index (χ3v) is 2.86. The van der Waals surface area contributed by atoms with E-state index in [2.05, 4.69) is 39.5 Å². The molecule has 2 N–H and O–H groups in total. The van der Waals surface area contributed by atoms with E-state index in [-0.39, 0.29) is 0 Å². The molecule has 0 aliphatic carbocycles. The molecule has 0 fully saturated rings. The summed E-state index contributed by atoms with van der Waals surface area (Å²) >= 11 is 0. The van der Waals surface area contributed by atoms with Gasteiger partial charge in [-0.25, -0.2) is 9.97 Å². The molecule has 6 nitrogen and oxygen atoms in total. The number of nitrogens with one attached hydrogen (secondary N) is 2. The minimum atomic E-state index is 0.785. The van der Waals surface area contributed by atoms with Crippen molar-refractivity contribution in [2.24, 2.45) is 0 Å². The van der Waals surface area contributed by atoms with E-state index < -0.39 is 0 Å². The first-order chi connectivity index (χ1) is 9.71. The summed E-state index contributed by atoms with van der Waals surface area (Å²) in [7, 11) is 0. The summed E-state index contributed by atoms with van der Waals surface area (Å²) in [5.41, 5.74) is 1.18. The van der Waals surface area contributed by atoms with Crippen LogP contribution >= 0.6 is 0 Å². The summed E-state index contributed by atoms with van der Waals surface area (Å²) in [5.74, 6) is 2.58. The lowest BCUT2D eigenvalue weighted by atomic mass is 10.4. The highest BCUT2D eigenvalue weighted by Crippen LogP contribution is 2.11. The molecule has 0 radical (unpaired) electrons. The van der Waals surface area contributed by atoms with E-state index in [4.69, 9.17) is 0 Å². The van der Waals surface area contributed by atoms with Gasteiger partial charge in [-0.2, -0.15) is 5.10 Å². The van der Waals surface area contributed by atoms with Crippen LogP contribution in [0.1, 0.15) is 25.2 Å². The fourth-order valence-electron chi connectivity index (χ4n) is 1.91. The molecule has 2 heterocycles. The second-order valence-corrected chi connectivity index (χ2v) is 4.65. The van der Waals surface area contributed by atoms with Crippen LogP contribution in [-0.4, -0.2) is 32.8 Å². The van der Waals surface area contributed by atoms with Gasteiger partial charge in [0, 0.05) is 31.8 Å². The maximum Gasteiger partial charge on any atom is 0.132 e. The normalized spacial score (nSPS) is 10.6. The highest BCUT2D eigenvalue weighted by Gasteiger charge is 2.03. The van der Waals surface area contributed by atoms with Gasteiger partial charge in [0.2, 0.25) is 0 Å². The van der Waals surface area contributed by atoms with Gasteiger partial charge >= 0.3 is 0 Å². The number of nitrogens with zero attached hydrogens (tertiary/aromatic N) is 4. The lowest BCUT2D eigenvalue weighted by molar-refractivity contribution is 0.636. The van der Waals surface area contributed by atoms with Gasteiger partial charge in [-0.3, -0.25) is 4.68 Å². The van der Waals surface area contributed by atoms with Crippen LogP contribution in [0.2, 0.25) is 0 Å². The molecule has 0 aliphatic heterocycles. The number of anilines is 2. The molecule has 0 saturated heterocycles. The maximum atomic E-state index is 4.48. The Labute approximate surface area is 119 Å². The lowest BCUT2D eigenvalue weighted by Crippen LogP contribution is -2.13. The van der Waals surface area contributed by atoms with Gasteiger partial charge in [-0.15, -0.1) is 0 Å². The van der Waals surface area contributed by atoms with Gasteiger partial charge in [0.25, 0.3) is 0 Å². The van der Waals surface area contributed by atoms with Crippen molar-refractivity contribution >= 4 is 11.6 Å². The molecule has 2 rings (SSSR count). The van der Waals surface area contributed by atoms with Gasteiger partial charge < -0.3 is 10.6 Å². The molecular weight excluding hydrogens is 252 g/mol. The van der Waals surface area contributed by atoms with Gasteiger partial charge in [0.1, 0.15) is 17.5 Å². The van der Waals surface area contributed by atoms with Crippen molar-refractivity contribution in [3.8, 4) is 0 Å². The number of hydrogen-bond acceptors (Lipinski definition) is 5. The summed E-state index contributed by atoms with van der Waals surface area (Å²) in [6.07, 6.45) is 4.72. The van der Waals surface area contributed by atoms with Crippen molar-refractivity contribution in [1.29, 1.82) is 0 Å². The predicted octanol–water partition coefficient (Wildman–Crippen LogP) is 2.09. The van der Waals surface area contributed by atoms with Crippen molar-refractivity contribution in [3.63, 3.8) is 0 Å². The molecule has 2 aromatic heterocycles. The number of aromatic nitrogens is 4. The zero-order valence-electron chi connectivity index (χ0n) is 12.3. The van der Waals surface area contributed by atoms with E-state index in [9.17, 15) is 0 Å². The van der Waals surface area contributed by atoms with Gasteiger partial charge in [-0.05, 0) is 19.4 Å². The van der Waals surface area contributed by atoms with Crippen molar-refractivity contribution in [1.82, 2.24) is 19.7 Å². The zero-order chi connectivity index (χ0) is 14.4. The fraction of sp³-hybridized carbons (Fsp3) is 0.500. The second-order valence-electron chi connectivity index (χ2n) is 4.65. The van der Waals surface area contributed by atoms with Crippen molar-refractivity contribution in [2.45, 2.75) is 33.7 Å². The minimum absolute atomic E-state index is 0.785. The topological polar surface area (TPSA) is 67.7 Å². The highest BCUT2D eigenvalue weighted by atomic mass is 15.3. The summed E-state index contributed by atoms with van der Waals surface area (Å²) < 4.78 is 1.93. The first-order valence-corrected chi connectivity index (χ1v) is 7.06. The predicted molar refractivity (Wildman–Crippen MR) is 81.0 cm³/mol. The molecule has 6 heteroatoms. The van der Waals surface area contributed by atoms with Crippen LogP contribution in [0.3, 0.4) is 0 Å². The van der Waals surface area contributed by atoms with Crippen LogP contribution in [0, 0.1) is 6.92 Å². The molecule has 0 aliphatic rings. The second kappa shape index (κ2) is 6.88. The Morgan fingerprint density at radius 3 is 2.50 bits per heavy atom. The lowest BCUT2D eigenvalue weighted by Gasteiger charge is -2.10. The van der Waals surface area contributed by atoms with E-state index in [1.165, 1.54) is 5.56 Å². The van der Waals surface area contributed by atoms with Gasteiger partial charge in [-0.1, -0.05) is 6.92 Å². The van der Waals surface area contributed by atoms with E-state index >= 15 is 0 Å². The van der Waals surface area contributed by atoms with Crippen molar-refractivity contribution < 1.29 is 0 Å². The van der Waals surface area contributed by atoms with Crippen LogP contribution in [-0.2, 0) is 13.0 Å². The van der Waals surface area contributed by atoms with E-state index in [1.807, 2.05) is 30.1 Å². The van der Waals surface area contributed by atoms with Gasteiger partial charge in [0.05, 0.1) is 12.7 Å². The van der Waals surface area contributed by atoms with Gasteiger partial charge in [0.15, 0.2) is 0 Å². The Balaban J connectivity index is 1.95. The van der Waals surface area contributed by atoms with E-state index in [0.29, 0.717) is 0 Å². The van der Waals surface area contributed by atoms with Crippen molar-refractivity contribution in [2.75, 3.05) is 23.7 Å². The van der Waals surface area contributed by atoms with Crippen molar-refractivity contribution in [3.05, 3.63) is 29.8 Å². The molecule has 108 valence electrons. The highest BCUT2D eigenvalue weighted by molar-refractivity contribution is 5.47. The van der Waals surface area contributed by atoms with Crippen LogP contribution in [0.25, 0.3) is 0 Å².